The monoisotopic (exact) mass is 390 g/mol. The number of imide groups is 1. The fourth-order valence-corrected chi connectivity index (χ4v) is 4.34. The molecule has 8 nitrogen and oxygen atoms in total. The van der Waals surface area contributed by atoms with Crippen molar-refractivity contribution in [1.82, 2.24) is 10.6 Å². The summed E-state index contributed by atoms with van der Waals surface area (Å²) < 4.78 is 10.8. The molecule has 0 aromatic heterocycles. The number of fused-ring (bicyclic) bond motifs is 1. The third kappa shape index (κ3) is 4.94. The Morgan fingerprint density at radius 3 is 2.50 bits per heavy atom. The molecule has 0 unspecified atom stereocenters. The summed E-state index contributed by atoms with van der Waals surface area (Å²) in [6.45, 7) is 5.47. The second-order valence-corrected chi connectivity index (χ2v) is 8.04. The first-order valence-electron chi connectivity index (χ1n) is 10.3. The van der Waals surface area contributed by atoms with Crippen molar-refractivity contribution in [2.45, 2.75) is 38.3 Å². The van der Waals surface area contributed by atoms with Crippen molar-refractivity contribution < 1.29 is 28.9 Å². The number of hydrogen-bond donors (Lipinski definition) is 4. The molecule has 1 aromatic rings. The minimum absolute atomic E-state index is 0.190. The summed E-state index contributed by atoms with van der Waals surface area (Å²) in [7, 11) is 0. The standard InChI is InChI=1S/C20H28N4O4/c25-19(22-20(26)21-16-3-1-2-4-16)13-24-9-7-23(8-10-24)12-15-5-6-17-18(11-15)28-14-27-17/h5-6,11,16H,1-4,7-10,12-14H2,(H2,21,22,25,26)/p+2. The molecule has 2 aliphatic heterocycles. The van der Waals surface area contributed by atoms with Crippen LogP contribution >= 0.6 is 0 Å². The number of urea groups is 1. The number of ether oxygens (including phenoxy) is 2. The van der Waals surface area contributed by atoms with Gasteiger partial charge in [0, 0.05) is 11.6 Å². The van der Waals surface area contributed by atoms with Gasteiger partial charge in [-0.2, -0.15) is 0 Å². The van der Waals surface area contributed by atoms with Gasteiger partial charge in [0.15, 0.2) is 18.0 Å². The van der Waals surface area contributed by atoms with Crippen molar-refractivity contribution >= 4 is 11.9 Å². The van der Waals surface area contributed by atoms with Crippen molar-refractivity contribution in [2.75, 3.05) is 39.5 Å². The smallest absolute Gasteiger partial charge is 0.321 e. The zero-order valence-corrected chi connectivity index (χ0v) is 16.2. The number of piperazine rings is 1. The Morgan fingerprint density at radius 2 is 1.71 bits per heavy atom. The van der Waals surface area contributed by atoms with E-state index in [1.807, 2.05) is 6.07 Å². The highest BCUT2D eigenvalue weighted by molar-refractivity contribution is 5.94. The average molecular weight is 390 g/mol. The number of quaternary nitrogens is 2. The topological polar surface area (TPSA) is 85.5 Å². The Bertz CT molecular complexity index is 712. The summed E-state index contributed by atoms with van der Waals surface area (Å²) in [5, 5.41) is 5.38. The molecular weight excluding hydrogens is 360 g/mol. The highest BCUT2D eigenvalue weighted by Gasteiger charge is 2.26. The van der Waals surface area contributed by atoms with Crippen LogP contribution in [0.15, 0.2) is 18.2 Å². The highest BCUT2D eigenvalue weighted by Crippen LogP contribution is 2.32. The first-order valence-corrected chi connectivity index (χ1v) is 10.3. The summed E-state index contributed by atoms with van der Waals surface area (Å²) in [6, 6.07) is 6.01. The lowest BCUT2D eigenvalue weighted by atomic mass is 10.1. The van der Waals surface area contributed by atoms with E-state index in [0.29, 0.717) is 13.3 Å². The molecular formula is C20H30N4O4+2. The zero-order chi connectivity index (χ0) is 19.3. The summed E-state index contributed by atoms with van der Waals surface area (Å²) in [5.41, 5.74) is 1.24. The number of hydrogen-bond acceptors (Lipinski definition) is 4. The fraction of sp³-hybridized carbons (Fsp3) is 0.600. The molecule has 0 spiro atoms. The molecule has 1 aliphatic carbocycles. The Kier molecular flexibility index (Phi) is 5.97. The van der Waals surface area contributed by atoms with Crippen LogP contribution in [0.25, 0.3) is 0 Å². The first-order chi connectivity index (χ1) is 13.7. The molecule has 1 saturated heterocycles. The molecule has 2 fully saturated rings. The first kappa shape index (κ1) is 19.0. The van der Waals surface area contributed by atoms with Gasteiger partial charge in [0.1, 0.15) is 32.7 Å². The van der Waals surface area contributed by atoms with Gasteiger partial charge < -0.3 is 24.6 Å². The van der Waals surface area contributed by atoms with Crippen molar-refractivity contribution in [3.8, 4) is 11.5 Å². The molecule has 0 bridgehead atoms. The minimum Gasteiger partial charge on any atom is -0.454 e. The predicted octanol–water partition coefficient (Wildman–Crippen LogP) is -1.53. The van der Waals surface area contributed by atoms with Crippen LogP contribution in [0.3, 0.4) is 0 Å². The molecule has 0 atom stereocenters. The molecule has 4 rings (SSSR count). The van der Waals surface area contributed by atoms with Gasteiger partial charge in [0.2, 0.25) is 6.79 Å². The van der Waals surface area contributed by atoms with Crippen LogP contribution in [0.1, 0.15) is 31.2 Å². The van der Waals surface area contributed by atoms with Crippen molar-refractivity contribution in [1.29, 1.82) is 0 Å². The van der Waals surface area contributed by atoms with E-state index in [2.05, 4.69) is 22.8 Å². The Balaban J connectivity index is 1.16. The van der Waals surface area contributed by atoms with E-state index in [1.54, 1.807) is 0 Å². The lowest BCUT2D eigenvalue weighted by molar-refractivity contribution is -1.02. The molecule has 2 heterocycles. The quantitative estimate of drug-likeness (QED) is 0.491. The van der Waals surface area contributed by atoms with Crippen LogP contribution in [0.5, 0.6) is 11.5 Å². The van der Waals surface area contributed by atoms with Gasteiger partial charge >= 0.3 is 6.03 Å². The van der Waals surface area contributed by atoms with Crippen molar-refractivity contribution in [3.63, 3.8) is 0 Å². The van der Waals surface area contributed by atoms with E-state index in [1.165, 1.54) is 15.4 Å². The Labute approximate surface area is 165 Å². The van der Waals surface area contributed by atoms with Gasteiger partial charge in [0.25, 0.3) is 5.91 Å². The zero-order valence-electron chi connectivity index (χ0n) is 16.2. The van der Waals surface area contributed by atoms with Crippen LogP contribution in [0.2, 0.25) is 0 Å². The van der Waals surface area contributed by atoms with Gasteiger partial charge in [-0.05, 0) is 31.0 Å². The van der Waals surface area contributed by atoms with E-state index in [0.717, 1.165) is 69.9 Å². The molecule has 3 aliphatic rings. The third-order valence-corrected chi connectivity index (χ3v) is 5.91. The molecule has 1 aromatic carbocycles. The second-order valence-electron chi connectivity index (χ2n) is 8.04. The Morgan fingerprint density at radius 1 is 1.00 bits per heavy atom. The average Bonchev–Trinajstić information content (AvgIpc) is 3.34. The van der Waals surface area contributed by atoms with E-state index in [4.69, 9.17) is 9.47 Å². The number of rotatable bonds is 5. The molecule has 8 heteroatoms. The maximum Gasteiger partial charge on any atom is 0.321 e. The lowest BCUT2D eigenvalue weighted by Gasteiger charge is -2.29. The van der Waals surface area contributed by atoms with Gasteiger partial charge in [-0.3, -0.25) is 10.1 Å². The lowest BCUT2D eigenvalue weighted by Crippen LogP contribution is -3.28. The highest BCUT2D eigenvalue weighted by atomic mass is 16.7. The maximum atomic E-state index is 12.2. The number of nitrogens with one attached hydrogen (secondary N) is 4. The van der Waals surface area contributed by atoms with E-state index >= 15 is 0 Å². The number of carbonyl (C=O) groups is 2. The molecule has 28 heavy (non-hydrogen) atoms. The van der Waals surface area contributed by atoms with Crippen LogP contribution in [-0.2, 0) is 11.3 Å². The summed E-state index contributed by atoms with van der Waals surface area (Å²) in [5.74, 6) is 1.45. The third-order valence-electron chi connectivity index (χ3n) is 5.91. The van der Waals surface area contributed by atoms with Crippen LogP contribution in [-0.4, -0.2) is 57.5 Å². The summed E-state index contributed by atoms with van der Waals surface area (Å²) in [4.78, 5) is 26.8. The van der Waals surface area contributed by atoms with Crippen molar-refractivity contribution in [2.24, 2.45) is 0 Å². The van der Waals surface area contributed by atoms with Gasteiger partial charge in [-0.15, -0.1) is 0 Å². The molecule has 4 N–H and O–H groups in total. The SMILES string of the molecule is O=C(C[NH+]1CC[NH+](Cc2ccc3c(c2)OCO3)CC1)NC(=O)NC1CCCC1. The molecule has 1 saturated carbocycles. The predicted molar refractivity (Wildman–Crippen MR) is 101 cm³/mol. The number of amides is 3. The molecule has 3 amide bonds. The summed E-state index contributed by atoms with van der Waals surface area (Å²) >= 11 is 0. The van der Waals surface area contributed by atoms with Crippen LogP contribution in [0.4, 0.5) is 4.79 Å². The van der Waals surface area contributed by atoms with Crippen LogP contribution in [0, 0.1) is 0 Å². The second kappa shape index (κ2) is 8.79. The van der Waals surface area contributed by atoms with Crippen LogP contribution < -0.4 is 29.9 Å². The number of benzene rings is 1. The Hall–Kier alpha value is -2.32. The van der Waals surface area contributed by atoms with E-state index in [9.17, 15) is 9.59 Å². The minimum atomic E-state index is -0.344. The normalized spacial score (nSPS) is 24.1. The largest absolute Gasteiger partial charge is 0.454 e. The fourth-order valence-electron chi connectivity index (χ4n) is 4.34. The van der Waals surface area contributed by atoms with Crippen molar-refractivity contribution in [3.05, 3.63) is 23.8 Å². The maximum absolute atomic E-state index is 12.2. The van der Waals surface area contributed by atoms with Gasteiger partial charge in [-0.1, -0.05) is 12.8 Å². The molecule has 152 valence electrons. The van der Waals surface area contributed by atoms with E-state index in [-0.39, 0.29) is 18.0 Å². The molecule has 0 radical (unpaired) electrons. The van der Waals surface area contributed by atoms with E-state index < -0.39 is 0 Å². The van der Waals surface area contributed by atoms with Gasteiger partial charge in [0.05, 0.1) is 0 Å². The summed E-state index contributed by atoms with van der Waals surface area (Å²) in [6.07, 6.45) is 4.34. The van der Waals surface area contributed by atoms with Gasteiger partial charge in [-0.25, -0.2) is 4.79 Å². The number of carbonyl (C=O) groups excluding carboxylic acids is 2.